The van der Waals surface area contributed by atoms with Crippen molar-refractivity contribution in [2.75, 3.05) is 26.3 Å². The standard InChI is InChI=1S/C23H28N2O5S/c1-16-13-21(16)22-8-7-19(30-22)15-25(18-5-6-18)23(26)17-3-2-4-20(14-17)31(27,28)24-9-11-29-12-10-24/h2-4,7-8,14,16,18,21H,5-6,9-13,15H2,1H3. The topological polar surface area (TPSA) is 80.1 Å². The molecule has 1 aromatic carbocycles. The largest absolute Gasteiger partial charge is 0.464 e. The van der Waals surface area contributed by atoms with Crippen LogP contribution in [0.1, 0.15) is 54.0 Å². The third-order valence-electron chi connectivity index (χ3n) is 6.42. The summed E-state index contributed by atoms with van der Waals surface area (Å²) in [6, 6.07) is 10.6. The fourth-order valence-corrected chi connectivity index (χ4v) is 5.66. The fourth-order valence-electron chi connectivity index (χ4n) is 4.21. The molecule has 1 saturated heterocycles. The Morgan fingerprint density at radius 1 is 1.16 bits per heavy atom. The van der Waals surface area contributed by atoms with Gasteiger partial charge in [0, 0.05) is 30.6 Å². The summed E-state index contributed by atoms with van der Waals surface area (Å²) in [7, 11) is -3.65. The Hall–Kier alpha value is -2.16. The molecule has 0 spiro atoms. The molecule has 5 rings (SSSR count). The van der Waals surface area contributed by atoms with Gasteiger partial charge in [-0.1, -0.05) is 13.0 Å². The summed E-state index contributed by atoms with van der Waals surface area (Å²) in [5.41, 5.74) is 0.392. The lowest BCUT2D eigenvalue weighted by Gasteiger charge is -2.26. The second-order valence-electron chi connectivity index (χ2n) is 8.83. The van der Waals surface area contributed by atoms with Crippen LogP contribution < -0.4 is 0 Å². The average Bonchev–Trinajstić information content (AvgIpc) is 3.71. The molecule has 166 valence electrons. The smallest absolute Gasteiger partial charge is 0.254 e. The molecule has 3 fully saturated rings. The van der Waals surface area contributed by atoms with Crippen LogP contribution in [0.2, 0.25) is 0 Å². The van der Waals surface area contributed by atoms with Gasteiger partial charge >= 0.3 is 0 Å². The van der Waals surface area contributed by atoms with Crippen LogP contribution in [0.3, 0.4) is 0 Å². The van der Waals surface area contributed by atoms with E-state index in [2.05, 4.69) is 6.92 Å². The van der Waals surface area contributed by atoms with E-state index in [1.807, 2.05) is 17.0 Å². The van der Waals surface area contributed by atoms with Gasteiger partial charge < -0.3 is 14.1 Å². The number of carbonyl (C=O) groups is 1. The Morgan fingerprint density at radius 2 is 1.90 bits per heavy atom. The van der Waals surface area contributed by atoms with Crippen LogP contribution in [0.5, 0.6) is 0 Å². The Kier molecular flexibility index (Phi) is 5.40. The van der Waals surface area contributed by atoms with E-state index in [0.29, 0.717) is 50.2 Å². The van der Waals surface area contributed by atoms with Gasteiger partial charge in [0.05, 0.1) is 24.7 Å². The third kappa shape index (κ3) is 4.29. The molecule has 1 aromatic heterocycles. The van der Waals surface area contributed by atoms with E-state index in [1.165, 1.54) is 10.4 Å². The van der Waals surface area contributed by atoms with Crippen molar-refractivity contribution in [1.29, 1.82) is 0 Å². The van der Waals surface area contributed by atoms with Gasteiger partial charge in [0.1, 0.15) is 11.5 Å². The average molecular weight is 445 g/mol. The summed E-state index contributed by atoms with van der Waals surface area (Å²) in [6.07, 6.45) is 3.08. The Morgan fingerprint density at radius 3 is 2.58 bits per heavy atom. The summed E-state index contributed by atoms with van der Waals surface area (Å²) < 4.78 is 38.7. The minimum Gasteiger partial charge on any atom is -0.464 e. The molecule has 0 N–H and O–H groups in total. The van der Waals surface area contributed by atoms with Crippen molar-refractivity contribution in [3.63, 3.8) is 0 Å². The van der Waals surface area contributed by atoms with Crippen LogP contribution in [0.15, 0.2) is 45.7 Å². The lowest BCUT2D eigenvalue weighted by molar-refractivity contribution is 0.0715. The van der Waals surface area contributed by atoms with Crippen LogP contribution in [0.4, 0.5) is 0 Å². The molecule has 0 bridgehead atoms. The first-order valence-electron chi connectivity index (χ1n) is 11.0. The Balaban J connectivity index is 1.35. The molecule has 8 heteroatoms. The van der Waals surface area contributed by atoms with Crippen molar-refractivity contribution in [2.24, 2.45) is 5.92 Å². The highest BCUT2D eigenvalue weighted by Crippen LogP contribution is 2.47. The van der Waals surface area contributed by atoms with E-state index < -0.39 is 10.0 Å². The highest BCUT2D eigenvalue weighted by molar-refractivity contribution is 7.89. The minimum absolute atomic E-state index is 0.152. The molecule has 1 aliphatic heterocycles. The summed E-state index contributed by atoms with van der Waals surface area (Å²) >= 11 is 0. The number of carbonyl (C=O) groups excluding carboxylic acids is 1. The van der Waals surface area contributed by atoms with Gasteiger partial charge in [0.2, 0.25) is 10.0 Å². The molecule has 2 saturated carbocycles. The van der Waals surface area contributed by atoms with Crippen molar-refractivity contribution < 1.29 is 22.4 Å². The van der Waals surface area contributed by atoms with Crippen LogP contribution >= 0.6 is 0 Å². The zero-order valence-corrected chi connectivity index (χ0v) is 18.5. The first-order valence-corrected chi connectivity index (χ1v) is 12.4. The highest BCUT2D eigenvalue weighted by Gasteiger charge is 2.38. The molecule has 1 amide bonds. The van der Waals surface area contributed by atoms with E-state index in [0.717, 1.165) is 30.8 Å². The summed E-state index contributed by atoms with van der Waals surface area (Å²) in [5.74, 6) is 2.80. The molecule has 2 aliphatic carbocycles. The van der Waals surface area contributed by atoms with Crippen molar-refractivity contribution >= 4 is 15.9 Å². The third-order valence-corrected chi connectivity index (χ3v) is 8.32. The maximum atomic E-state index is 13.3. The quantitative estimate of drug-likeness (QED) is 0.655. The zero-order valence-electron chi connectivity index (χ0n) is 17.7. The monoisotopic (exact) mass is 444 g/mol. The van der Waals surface area contributed by atoms with Gasteiger partial charge in [-0.15, -0.1) is 0 Å². The van der Waals surface area contributed by atoms with Gasteiger partial charge in [-0.3, -0.25) is 4.79 Å². The van der Waals surface area contributed by atoms with Crippen molar-refractivity contribution in [3.8, 4) is 0 Å². The fraction of sp³-hybridized carbons (Fsp3) is 0.522. The van der Waals surface area contributed by atoms with Crippen LogP contribution in [-0.2, 0) is 21.3 Å². The summed E-state index contributed by atoms with van der Waals surface area (Å²) in [5, 5.41) is 0. The number of furan rings is 1. The lowest BCUT2D eigenvalue weighted by atomic mass is 10.2. The predicted octanol–water partition coefficient (Wildman–Crippen LogP) is 3.23. The molecule has 2 aromatic rings. The van der Waals surface area contributed by atoms with Gasteiger partial charge in [0.25, 0.3) is 5.91 Å². The van der Waals surface area contributed by atoms with E-state index >= 15 is 0 Å². The van der Waals surface area contributed by atoms with E-state index in [1.54, 1.807) is 18.2 Å². The SMILES string of the molecule is CC1CC1c1ccc(CN(C(=O)c2cccc(S(=O)(=O)N3CCOCC3)c2)C2CC2)o1. The molecular weight excluding hydrogens is 416 g/mol. The highest BCUT2D eigenvalue weighted by atomic mass is 32.2. The van der Waals surface area contributed by atoms with Gasteiger partial charge in [0.15, 0.2) is 0 Å². The number of sulfonamides is 1. The van der Waals surface area contributed by atoms with Crippen LogP contribution in [0, 0.1) is 5.92 Å². The van der Waals surface area contributed by atoms with Gasteiger partial charge in [-0.2, -0.15) is 4.31 Å². The number of amides is 1. The maximum Gasteiger partial charge on any atom is 0.254 e. The number of hydrogen-bond acceptors (Lipinski definition) is 5. The number of hydrogen-bond donors (Lipinski definition) is 0. The number of morpholine rings is 1. The van der Waals surface area contributed by atoms with Crippen molar-refractivity contribution in [3.05, 3.63) is 53.5 Å². The lowest BCUT2D eigenvalue weighted by Crippen LogP contribution is -2.40. The normalized spacial score (nSPS) is 24.2. The number of ether oxygens (including phenoxy) is 1. The molecule has 31 heavy (non-hydrogen) atoms. The van der Waals surface area contributed by atoms with E-state index in [9.17, 15) is 13.2 Å². The molecular formula is C23H28N2O5S. The van der Waals surface area contributed by atoms with Crippen molar-refractivity contribution in [1.82, 2.24) is 9.21 Å². The molecule has 2 unspecified atom stereocenters. The molecule has 3 aliphatic rings. The predicted molar refractivity (Wildman–Crippen MR) is 114 cm³/mol. The second kappa shape index (κ2) is 8.07. The van der Waals surface area contributed by atoms with Gasteiger partial charge in [-0.05, 0) is 55.5 Å². The maximum absolute atomic E-state index is 13.3. The Bertz CT molecular complexity index is 1070. The van der Waals surface area contributed by atoms with Crippen LogP contribution in [-0.4, -0.2) is 55.9 Å². The summed E-state index contributed by atoms with van der Waals surface area (Å²) in [4.78, 5) is 15.3. The minimum atomic E-state index is -3.65. The first kappa shape index (κ1) is 20.7. The molecule has 7 nitrogen and oxygen atoms in total. The van der Waals surface area contributed by atoms with Gasteiger partial charge in [-0.25, -0.2) is 8.42 Å². The molecule has 2 heterocycles. The first-order chi connectivity index (χ1) is 14.9. The van der Waals surface area contributed by atoms with E-state index in [4.69, 9.17) is 9.15 Å². The summed E-state index contributed by atoms with van der Waals surface area (Å²) in [6.45, 7) is 4.05. The molecule has 2 atom stereocenters. The zero-order chi connectivity index (χ0) is 21.6. The number of benzene rings is 1. The van der Waals surface area contributed by atoms with Crippen LogP contribution in [0.25, 0.3) is 0 Å². The second-order valence-corrected chi connectivity index (χ2v) is 10.8. The molecule has 0 radical (unpaired) electrons. The van der Waals surface area contributed by atoms with Crippen molar-refractivity contribution in [2.45, 2.75) is 49.6 Å². The number of rotatable bonds is 7. The Labute approximate surface area is 183 Å². The van der Waals surface area contributed by atoms with E-state index in [-0.39, 0.29) is 16.8 Å². The number of nitrogens with zero attached hydrogens (tertiary/aromatic N) is 2.